The van der Waals surface area contributed by atoms with Crippen LogP contribution in [0.15, 0.2) is 18.5 Å². The fraction of sp³-hybridized carbons (Fsp3) is 0.667. The summed E-state index contributed by atoms with van der Waals surface area (Å²) in [6.07, 6.45) is 5.01. The van der Waals surface area contributed by atoms with E-state index < -0.39 is 0 Å². The molecule has 0 spiro atoms. The van der Waals surface area contributed by atoms with E-state index in [0.29, 0.717) is 12.0 Å². The third kappa shape index (κ3) is 5.05. The van der Waals surface area contributed by atoms with Gasteiger partial charge in [0, 0.05) is 12.2 Å². The van der Waals surface area contributed by atoms with Gasteiger partial charge in [-0.3, -0.25) is 4.98 Å². The average Bonchev–Trinajstić information content (AvgIpc) is 2.27. The van der Waals surface area contributed by atoms with Crippen LogP contribution in [0.25, 0.3) is 0 Å². The highest BCUT2D eigenvalue weighted by Gasteiger charge is 2.13. The van der Waals surface area contributed by atoms with Crippen molar-refractivity contribution in [3.8, 4) is 5.75 Å². The molecular weight excluding hydrogens is 224 g/mol. The number of hydrogen-bond acceptors (Lipinski definition) is 3. The summed E-state index contributed by atoms with van der Waals surface area (Å²) in [6, 6.07) is 2.46. The van der Waals surface area contributed by atoms with Gasteiger partial charge in [-0.05, 0) is 44.4 Å². The van der Waals surface area contributed by atoms with Crippen LogP contribution in [-0.2, 0) is 0 Å². The van der Waals surface area contributed by atoms with Gasteiger partial charge in [0.1, 0.15) is 5.75 Å². The van der Waals surface area contributed by atoms with Crippen LogP contribution in [0.4, 0.5) is 0 Å². The van der Waals surface area contributed by atoms with Crippen molar-refractivity contribution in [3.63, 3.8) is 0 Å². The first-order chi connectivity index (χ1) is 8.52. The number of aromatic nitrogens is 1. The lowest BCUT2D eigenvalue weighted by Gasteiger charge is -2.21. The maximum absolute atomic E-state index is 5.70. The maximum atomic E-state index is 5.70. The monoisotopic (exact) mass is 250 g/mol. The molecule has 0 bridgehead atoms. The standard InChI is InChI=1S/C15H26N2O/c1-6-17-15(7-11(2)3)13-8-14(10-16-9-13)18-12(4)5/h8-12,15,17H,6-7H2,1-5H3. The molecule has 0 radical (unpaired) electrons. The van der Waals surface area contributed by atoms with Gasteiger partial charge in [-0.15, -0.1) is 0 Å². The lowest BCUT2D eigenvalue weighted by molar-refractivity contribution is 0.241. The summed E-state index contributed by atoms with van der Waals surface area (Å²) in [5, 5.41) is 3.52. The summed E-state index contributed by atoms with van der Waals surface area (Å²) < 4.78 is 5.70. The molecule has 0 fully saturated rings. The Bertz CT molecular complexity index is 350. The average molecular weight is 250 g/mol. The molecule has 1 atom stereocenters. The van der Waals surface area contributed by atoms with Crippen LogP contribution >= 0.6 is 0 Å². The van der Waals surface area contributed by atoms with Gasteiger partial charge in [-0.2, -0.15) is 0 Å². The van der Waals surface area contributed by atoms with Gasteiger partial charge < -0.3 is 10.1 Å². The van der Waals surface area contributed by atoms with E-state index >= 15 is 0 Å². The minimum atomic E-state index is 0.185. The highest BCUT2D eigenvalue weighted by atomic mass is 16.5. The predicted molar refractivity (Wildman–Crippen MR) is 75.9 cm³/mol. The van der Waals surface area contributed by atoms with Crippen molar-refractivity contribution >= 4 is 0 Å². The normalized spacial score (nSPS) is 13.1. The summed E-state index contributed by atoms with van der Waals surface area (Å²) in [5.41, 5.74) is 1.21. The van der Waals surface area contributed by atoms with Gasteiger partial charge in [0.2, 0.25) is 0 Å². The topological polar surface area (TPSA) is 34.2 Å². The van der Waals surface area contributed by atoms with Gasteiger partial charge in [-0.25, -0.2) is 0 Å². The largest absolute Gasteiger partial charge is 0.489 e. The molecule has 1 aromatic rings. The van der Waals surface area contributed by atoms with Crippen LogP contribution in [0.3, 0.4) is 0 Å². The fourth-order valence-electron chi connectivity index (χ4n) is 2.02. The summed E-state index contributed by atoms with van der Waals surface area (Å²) >= 11 is 0. The number of pyridine rings is 1. The zero-order valence-electron chi connectivity index (χ0n) is 12.2. The van der Waals surface area contributed by atoms with Crippen molar-refractivity contribution in [2.45, 2.75) is 53.2 Å². The van der Waals surface area contributed by atoms with Crippen LogP contribution < -0.4 is 10.1 Å². The van der Waals surface area contributed by atoms with Crippen molar-refractivity contribution in [1.82, 2.24) is 10.3 Å². The zero-order chi connectivity index (χ0) is 13.5. The Balaban J connectivity index is 2.83. The highest BCUT2D eigenvalue weighted by molar-refractivity contribution is 5.26. The van der Waals surface area contributed by atoms with Crippen molar-refractivity contribution in [2.75, 3.05) is 6.54 Å². The summed E-state index contributed by atoms with van der Waals surface area (Å²) in [6.45, 7) is 11.6. The number of rotatable bonds is 7. The molecule has 1 unspecified atom stereocenters. The molecule has 0 aromatic carbocycles. The Labute approximate surface area is 111 Å². The van der Waals surface area contributed by atoms with Crippen molar-refractivity contribution < 1.29 is 4.74 Å². The number of nitrogens with zero attached hydrogens (tertiary/aromatic N) is 1. The van der Waals surface area contributed by atoms with E-state index in [2.05, 4.69) is 37.1 Å². The Kier molecular flexibility index (Phi) is 6.13. The van der Waals surface area contributed by atoms with Gasteiger partial charge in [0.25, 0.3) is 0 Å². The highest BCUT2D eigenvalue weighted by Crippen LogP contribution is 2.24. The van der Waals surface area contributed by atoms with Gasteiger partial charge in [0.15, 0.2) is 0 Å². The minimum Gasteiger partial charge on any atom is -0.489 e. The van der Waals surface area contributed by atoms with E-state index in [4.69, 9.17) is 4.74 Å². The van der Waals surface area contributed by atoms with E-state index in [0.717, 1.165) is 18.7 Å². The van der Waals surface area contributed by atoms with E-state index in [1.54, 1.807) is 6.20 Å². The summed E-state index contributed by atoms with van der Waals surface area (Å²) in [7, 11) is 0. The summed E-state index contributed by atoms with van der Waals surface area (Å²) in [4.78, 5) is 4.28. The Morgan fingerprint density at radius 2 is 1.94 bits per heavy atom. The molecule has 0 aliphatic rings. The lowest BCUT2D eigenvalue weighted by Crippen LogP contribution is -2.22. The van der Waals surface area contributed by atoms with Gasteiger partial charge >= 0.3 is 0 Å². The van der Waals surface area contributed by atoms with Crippen LogP contribution in [0, 0.1) is 5.92 Å². The second-order valence-electron chi connectivity index (χ2n) is 5.36. The third-order valence-electron chi connectivity index (χ3n) is 2.67. The first kappa shape index (κ1) is 15.0. The molecule has 0 aliphatic heterocycles. The Morgan fingerprint density at radius 1 is 1.22 bits per heavy atom. The minimum absolute atomic E-state index is 0.185. The SMILES string of the molecule is CCNC(CC(C)C)c1cncc(OC(C)C)c1. The van der Waals surface area contributed by atoms with E-state index in [1.165, 1.54) is 5.56 Å². The molecular formula is C15H26N2O. The van der Waals surface area contributed by atoms with Crippen LogP contribution in [0.1, 0.15) is 52.6 Å². The molecule has 1 rings (SSSR count). The Hall–Kier alpha value is -1.09. The van der Waals surface area contributed by atoms with Crippen LogP contribution in [-0.4, -0.2) is 17.6 Å². The third-order valence-corrected chi connectivity index (χ3v) is 2.67. The molecule has 0 saturated heterocycles. The van der Waals surface area contributed by atoms with Crippen molar-refractivity contribution in [1.29, 1.82) is 0 Å². The molecule has 18 heavy (non-hydrogen) atoms. The molecule has 3 heteroatoms. The number of hydrogen-bond donors (Lipinski definition) is 1. The molecule has 1 aromatic heterocycles. The van der Waals surface area contributed by atoms with E-state index in [-0.39, 0.29) is 6.10 Å². The number of nitrogens with one attached hydrogen (secondary N) is 1. The summed E-state index contributed by atoms with van der Waals surface area (Å²) in [5.74, 6) is 1.51. The molecule has 0 saturated carbocycles. The fourth-order valence-corrected chi connectivity index (χ4v) is 2.02. The maximum Gasteiger partial charge on any atom is 0.138 e. The van der Waals surface area contributed by atoms with Gasteiger partial charge in [-0.1, -0.05) is 20.8 Å². The van der Waals surface area contributed by atoms with E-state index in [1.807, 2.05) is 20.0 Å². The van der Waals surface area contributed by atoms with E-state index in [9.17, 15) is 0 Å². The second-order valence-corrected chi connectivity index (χ2v) is 5.36. The smallest absolute Gasteiger partial charge is 0.138 e. The molecule has 102 valence electrons. The Morgan fingerprint density at radius 3 is 2.50 bits per heavy atom. The second kappa shape index (κ2) is 7.37. The van der Waals surface area contributed by atoms with Crippen LogP contribution in [0.2, 0.25) is 0 Å². The molecule has 0 aliphatic carbocycles. The molecule has 1 heterocycles. The predicted octanol–water partition coefficient (Wildman–Crippen LogP) is 3.57. The molecule has 0 amide bonds. The number of ether oxygens (including phenoxy) is 1. The molecule has 3 nitrogen and oxygen atoms in total. The lowest BCUT2D eigenvalue weighted by atomic mass is 9.98. The van der Waals surface area contributed by atoms with Gasteiger partial charge in [0.05, 0.1) is 12.3 Å². The zero-order valence-corrected chi connectivity index (χ0v) is 12.2. The first-order valence-electron chi connectivity index (χ1n) is 6.87. The first-order valence-corrected chi connectivity index (χ1v) is 6.87. The van der Waals surface area contributed by atoms with Crippen LogP contribution in [0.5, 0.6) is 5.75 Å². The quantitative estimate of drug-likeness (QED) is 0.803. The van der Waals surface area contributed by atoms with Crippen molar-refractivity contribution in [3.05, 3.63) is 24.0 Å². The van der Waals surface area contributed by atoms with Crippen molar-refractivity contribution in [2.24, 2.45) is 5.92 Å². The molecule has 1 N–H and O–H groups in total.